The number of benzene rings is 2. The van der Waals surface area contributed by atoms with E-state index in [1.54, 1.807) is 24.3 Å². The van der Waals surface area contributed by atoms with Crippen LogP contribution in [0.15, 0.2) is 48.5 Å². The topological polar surface area (TPSA) is 49.3 Å². The van der Waals surface area contributed by atoms with Crippen molar-refractivity contribution in [2.45, 2.75) is 58.2 Å². The number of rotatable bonds is 5. The van der Waals surface area contributed by atoms with Crippen LogP contribution in [0.1, 0.15) is 57.5 Å². The number of nitrogens with one attached hydrogen (secondary N) is 1. The van der Waals surface area contributed by atoms with E-state index >= 15 is 0 Å². The molecule has 3 nitrogen and oxygen atoms in total. The van der Waals surface area contributed by atoms with Crippen molar-refractivity contribution in [1.82, 2.24) is 0 Å². The minimum absolute atomic E-state index is 0.0296. The van der Waals surface area contributed by atoms with Crippen LogP contribution in [0.4, 0.5) is 5.69 Å². The Labute approximate surface area is 170 Å². The smallest absolute Gasteiger partial charge is 0.255 e. The molecule has 148 valence electrons. The van der Waals surface area contributed by atoms with Crippen molar-refractivity contribution in [1.29, 1.82) is 0 Å². The molecule has 0 fully saturated rings. The Hall–Kier alpha value is -2.51. The van der Waals surface area contributed by atoms with E-state index in [4.69, 9.17) is 0 Å². The van der Waals surface area contributed by atoms with Crippen molar-refractivity contribution in [2.75, 3.05) is 5.32 Å². The summed E-state index contributed by atoms with van der Waals surface area (Å²) in [6.45, 7) is 13.7. The molecule has 0 aromatic heterocycles. The summed E-state index contributed by atoms with van der Waals surface area (Å²) in [6, 6.07) is 14.1. The predicted molar refractivity (Wildman–Crippen MR) is 120 cm³/mol. The largest absolute Gasteiger partial charge is 0.506 e. The molecule has 2 aromatic rings. The molecular weight excluding hydrogens is 362 g/mol. The number of amides is 1. The van der Waals surface area contributed by atoms with Crippen molar-refractivity contribution in [3.05, 3.63) is 59.7 Å². The molecule has 0 atom stereocenters. The lowest BCUT2D eigenvalue weighted by Crippen LogP contribution is -2.43. The van der Waals surface area contributed by atoms with Gasteiger partial charge in [-0.05, 0) is 47.0 Å². The summed E-state index contributed by atoms with van der Waals surface area (Å²) in [5, 5.41) is 13.1. The molecular formula is C24H31NO2Si. The van der Waals surface area contributed by atoms with E-state index in [0.29, 0.717) is 27.9 Å². The van der Waals surface area contributed by atoms with Crippen LogP contribution in [0.2, 0.25) is 16.6 Å². The summed E-state index contributed by atoms with van der Waals surface area (Å²) in [5.74, 6) is 3.10. The molecule has 0 unspecified atom stereocenters. The Balaban J connectivity index is 2.28. The summed E-state index contributed by atoms with van der Waals surface area (Å²) < 4.78 is 0. The van der Waals surface area contributed by atoms with E-state index in [2.05, 4.69) is 58.3 Å². The van der Waals surface area contributed by atoms with Gasteiger partial charge in [0.2, 0.25) is 0 Å². The third kappa shape index (κ3) is 4.66. The zero-order chi connectivity index (χ0) is 20.9. The molecule has 0 spiro atoms. The van der Waals surface area contributed by atoms with Crippen LogP contribution in [-0.4, -0.2) is 19.1 Å². The van der Waals surface area contributed by atoms with Gasteiger partial charge in [-0.2, -0.15) is 0 Å². The van der Waals surface area contributed by atoms with Gasteiger partial charge in [0.15, 0.2) is 0 Å². The first-order chi connectivity index (χ1) is 13.2. The third-order valence-electron chi connectivity index (χ3n) is 5.57. The van der Waals surface area contributed by atoms with Gasteiger partial charge >= 0.3 is 0 Å². The van der Waals surface area contributed by atoms with Gasteiger partial charge in [-0.15, -0.1) is 5.54 Å². The second-order valence-electron chi connectivity index (χ2n) is 8.20. The van der Waals surface area contributed by atoms with Gasteiger partial charge in [0.25, 0.3) is 5.91 Å². The van der Waals surface area contributed by atoms with Gasteiger partial charge < -0.3 is 10.4 Å². The summed E-state index contributed by atoms with van der Waals surface area (Å²) in [4.78, 5) is 12.3. The Kier molecular flexibility index (Phi) is 7.09. The number of anilines is 1. The summed E-state index contributed by atoms with van der Waals surface area (Å²) in [7, 11) is -1.82. The van der Waals surface area contributed by atoms with Crippen molar-refractivity contribution in [2.24, 2.45) is 0 Å². The maximum absolute atomic E-state index is 12.3. The van der Waals surface area contributed by atoms with Crippen LogP contribution >= 0.6 is 0 Å². The maximum Gasteiger partial charge on any atom is 0.255 e. The van der Waals surface area contributed by atoms with Gasteiger partial charge in [0.05, 0.1) is 5.69 Å². The van der Waals surface area contributed by atoms with Crippen molar-refractivity contribution in [3.8, 4) is 17.2 Å². The highest BCUT2D eigenvalue weighted by Crippen LogP contribution is 2.40. The fourth-order valence-corrected chi connectivity index (χ4v) is 9.34. The Morgan fingerprint density at radius 1 is 0.929 bits per heavy atom. The molecule has 2 N–H and O–H groups in total. The molecule has 0 saturated heterocycles. The van der Waals surface area contributed by atoms with Crippen LogP contribution in [0.5, 0.6) is 5.75 Å². The van der Waals surface area contributed by atoms with E-state index in [1.807, 2.05) is 24.3 Å². The van der Waals surface area contributed by atoms with Gasteiger partial charge in [-0.25, -0.2) is 0 Å². The standard InChI is InChI=1S/C24H31NO2Si/c1-17(2)28(18(3)4,19(5)6)15-14-20-12-13-22(23(26)16-20)25-24(27)21-10-8-7-9-11-21/h7-13,16-19,26H,1-6H3,(H,25,27). The monoisotopic (exact) mass is 393 g/mol. The number of phenols is 1. The van der Waals surface area contributed by atoms with E-state index < -0.39 is 8.07 Å². The van der Waals surface area contributed by atoms with E-state index in [0.717, 1.165) is 5.56 Å². The average Bonchev–Trinajstić information content (AvgIpc) is 2.64. The molecule has 2 rings (SSSR count). The first kappa shape index (κ1) is 21.8. The van der Waals surface area contributed by atoms with E-state index in [-0.39, 0.29) is 11.7 Å². The summed E-state index contributed by atoms with van der Waals surface area (Å²) in [6.07, 6.45) is 0. The lowest BCUT2D eigenvalue weighted by Gasteiger charge is -2.38. The minimum atomic E-state index is -1.82. The Bertz CT molecular complexity index is 855. The Morgan fingerprint density at radius 2 is 1.50 bits per heavy atom. The molecule has 1 amide bonds. The molecule has 0 aliphatic heterocycles. The molecule has 0 bridgehead atoms. The van der Waals surface area contributed by atoms with Crippen LogP contribution in [0.3, 0.4) is 0 Å². The molecule has 0 radical (unpaired) electrons. The lowest BCUT2D eigenvalue weighted by atomic mass is 10.1. The molecule has 0 saturated carbocycles. The summed E-state index contributed by atoms with van der Waals surface area (Å²) in [5.41, 5.74) is 7.02. The SMILES string of the molecule is CC(C)[Si](C#Cc1ccc(NC(=O)c2ccccc2)c(O)c1)(C(C)C)C(C)C. The normalized spacial score (nSPS) is 11.5. The highest BCUT2D eigenvalue weighted by molar-refractivity contribution is 6.90. The number of aromatic hydroxyl groups is 1. The number of carbonyl (C=O) groups is 1. The molecule has 28 heavy (non-hydrogen) atoms. The highest BCUT2D eigenvalue weighted by Gasteiger charge is 2.41. The van der Waals surface area contributed by atoms with Crippen LogP contribution in [0, 0.1) is 11.5 Å². The van der Waals surface area contributed by atoms with Crippen molar-refractivity contribution in [3.63, 3.8) is 0 Å². The summed E-state index contributed by atoms with van der Waals surface area (Å²) >= 11 is 0. The van der Waals surface area contributed by atoms with Gasteiger partial charge in [0, 0.05) is 11.1 Å². The maximum atomic E-state index is 12.3. The molecule has 4 heteroatoms. The minimum Gasteiger partial charge on any atom is -0.506 e. The fraction of sp³-hybridized carbons (Fsp3) is 0.375. The second-order valence-corrected chi connectivity index (χ2v) is 13.8. The predicted octanol–water partition coefficient (Wildman–Crippen LogP) is 6.21. The molecule has 0 aliphatic rings. The lowest BCUT2D eigenvalue weighted by molar-refractivity contribution is 0.102. The first-order valence-electron chi connectivity index (χ1n) is 9.91. The van der Waals surface area contributed by atoms with Crippen molar-refractivity contribution >= 4 is 19.7 Å². The number of phenolic OH excluding ortho intramolecular Hbond substituents is 1. The van der Waals surface area contributed by atoms with Gasteiger partial charge in [0.1, 0.15) is 13.8 Å². The molecule has 0 aliphatic carbocycles. The molecule has 2 aromatic carbocycles. The fourth-order valence-electron chi connectivity index (χ4n) is 4.11. The van der Waals surface area contributed by atoms with Crippen molar-refractivity contribution < 1.29 is 9.90 Å². The average molecular weight is 394 g/mol. The zero-order valence-electron chi connectivity index (χ0n) is 17.7. The van der Waals surface area contributed by atoms with E-state index in [1.165, 1.54) is 0 Å². The first-order valence-corrected chi connectivity index (χ1v) is 12.1. The number of hydrogen-bond acceptors (Lipinski definition) is 2. The highest BCUT2D eigenvalue weighted by atomic mass is 28.3. The van der Waals surface area contributed by atoms with Gasteiger partial charge in [-0.3, -0.25) is 4.79 Å². The number of hydrogen-bond donors (Lipinski definition) is 2. The Morgan fingerprint density at radius 3 is 2.00 bits per heavy atom. The zero-order valence-corrected chi connectivity index (χ0v) is 18.7. The van der Waals surface area contributed by atoms with Crippen LogP contribution < -0.4 is 5.32 Å². The van der Waals surface area contributed by atoms with Crippen LogP contribution in [0.25, 0.3) is 0 Å². The number of carbonyl (C=O) groups excluding carboxylic acids is 1. The van der Waals surface area contributed by atoms with Gasteiger partial charge in [-0.1, -0.05) is 65.7 Å². The van der Waals surface area contributed by atoms with Crippen LogP contribution in [-0.2, 0) is 0 Å². The molecule has 0 heterocycles. The van der Waals surface area contributed by atoms with E-state index in [9.17, 15) is 9.90 Å². The second kappa shape index (κ2) is 9.12. The quantitative estimate of drug-likeness (QED) is 0.360. The third-order valence-corrected chi connectivity index (χ3v) is 11.9.